The maximum absolute atomic E-state index is 12.7. The predicted molar refractivity (Wildman–Crippen MR) is 94.9 cm³/mol. The second-order valence-corrected chi connectivity index (χ2v) is 6.43. The highest BCUT2D eigenvalue weighted by Crippen LogP contribution is 2.19. The van der Waals surface area contributed by atoms with Gasteiger partial charge in [0.25, 0.3) is 5.91 Å². The number of nitrogens with zero attached hydrogens (tertiary/aromatic N) is 2. The fraction of sp³-hybridized carbons (Fsp3) is 0.176. The number of pyridine rings is 1. The Hall–Kier alpha value is -1.85. The van der Waals surface area contributed by atoms with Crippen molar-refractivity contribution in [3.05, 3.63) is 69.0 Å². The highest BCUT2D eigenvalue weighted by atomic mass is 79.9. The van der Waals surface area contributed by atoms with E-state index in [-0.39, 0.29) is 5.91 Å². The zero-order chi connectivity index (χ0) is 16.4. The summed E-state index contributed by atoms with van der Waals surface area (Å²) in [7, 11) is 0. The van der Waals surface area contributed by atoms with Crippen molar-refractivity contribution in [1.29, 1.82) is 0 Å². The molecule has 0 aliphatic rings. The number of rotatable bonds is 4. The molecule has 1 amide bonds. The normalized spacial score (nSPS) is 10.9. The van der Waals surface area contributed by atoms with Crippen molar-refractivity contribution >= 4 is 39.1 Å². The third-order valence-corrected chi connectivity index (χ3v) is 4.44. The van der Waals surface area contributed by atoms with Crippen LogP contribution < -0.4 is 5.32 Å². The summed E-state index contributed by atoms with van der Waals surface area (Å²) in [5, 5.41) is 3.57. The van der Waals surface area contributed by atoms with Gasteiger partial charge in [-0.25, -0.2) is 4.98 Å². The van der Waals surface area contributed by atoms with Crippen LogP contribution in [0, 0.1) is 0 Å². The Morgan fingerprint density at radius 3 is 2.83 bits per heavy atom. The molecule has 0 atom stereocenters. The number of carbonyl (C=O) groups is 1. The fourth-order valence-electron chi connectivity index (χ4n) is 2.46. The van der Waals surface area contributed by atoms with Crippen molar-refractivity contribution in [2.75, 3.05) is 0 Å². The van der Waals surface area contributed by atoms with Gasteiger partial charge >= 0.3 is 0 Å². The van der Waals surface area contributed by atoms with Crippen LogP contribution in [0.5, 0.6) is 0 Å². The first-order valence-corrected chi connectivity index (χ1v) is 8.45. The van der Waals surface area contributed by atoms with Gasteiger partial charge in [-0.3, -0.25) is 9.20 Å². The Morgan fingerprint density at radius 1 is 1.30 bits per heavy atom. The molecule has 2 aromatic heterocycles. The van der Waals surface area contributed by atoms with Crippen LogP contribution in [0.2, 0.25) is 5.02 Å². The molecule has 0 saturated heterocycles. The molecule has 0 aliphatic carbocycles. The molecular weight excluding hydrogens is 378 g/mol. The van der Waals surface area contributed by atoms with Gasteiger partial charge in [0.1, 0.15) is 11.3 Å². The Morgan fingerprint density at radius 2 is 2.09 bits per heavy atom. The van der Waals surface area contributed by atoms with E-state index in [1.165, 1.54) is 0 Å². The van der Waals surface area contributed by atoms with Gasteiger partial charge in [0.15, 0.2) is 0 Å². The molecule has 0 aliphatic heterocycles. The van der Waals surface area contributed by atoms with Crippen LogP contribution in [0.1, 0.15) is 28.7 Å². The van der Waals surface area contributed by atoms with Crippen molar-refractivity contribution in [2.24, 2.45) is 0 Å². The number of imidazole rings is 1. The molecular formula is C17H15BrClN3O. The zero-order valence-corrected chi connectivity index (χ0v) is 14.9. The molecule has 4 nitrogen and oxygen atoms in total. The van der Waals surface area contributed by atoms with E-state index >= 15 is 0 Å². The van der Waals surface area contributed by atoms with Crippen LogP contribution in [0.3, 0.4) is 0 Å². The molecule has 3 rings (SSSR count). The van der Waals surface area contributed by atoms with Gasteiger partial charge in [-0.2, -0.15) is 0 Å². The van der Waals surface area contributed by atoms with E-state index in [4.69, 9.17) is 11.6 Å². The summed E-state index contributed by atoms with van der Waals surface area (Å²) in [6.07, 6.45) is 2.54. The largest absolute Gasteiger partial charge is 0.347 e. The minimum atomic E-state index is -0.160. The molecule has 0 radical (unpaired) electrons. The van der Waals surface area contributed by atoms with E-state index in [0.717, 1.165) is 21.4 Å². The van der Waals surface area contributed by atoms with E-state index in [1.807, 2.05) is 53.9 Å². The minimum absolute atomic E-state index is 0.160. The van der Waals surface area contributed by atoms with Gasteiger partial charge in [-0.1, -0.05) is 36.7 Å². The van der Waals surface area contributed by atoms with Crippen molar-refractivity contribution in [2.45, 2.75) is 19.9 Å². The molecule has 0 fully saturated rings. The first-order valence-electron chi connectivity index (χ1n) is 7.28. The van der Waals surface area contributed by atoms with E-state index in [9.17, 15) is 4.79 Å². The molecule has 2 heterocycles. The number of carbonyl (C=O) groups excluding carboxylic acids is 1. The van der Waals surface area contributed by atoms with Crippen molar-refractivity contribution in [3.63, 3.8) is 0 Å². The summed E-state index contributed by atoms with van der Waals surface area (Å²) >= 11 is 9.57. The molecule has 0 bridgehead atoms. The van der Waals surface area contributed by atoms with Crippen LogP contribution in [0.15, 0.2) is 47.1 Å². The number of benzene rings is 1. The zero-order valence-electron chi connectivity index (χ0n) is 12.5. The van der Waals surface area contributed by atoms with Crippen LogP contribution in [-0.4, -0.2) is 15.3 Å². The summed E-state index contributed by atoms with van der Waals surface area (Å²) in [5.74, 6) is -0.160. The van der Waals surface area contributed by atoms with Crippen LogP contribution in [-0.2, 0) is 13.0 Å². The van der Waals surface area contributed by atoms with Gasteiger partial charge in [-0.05, 0) is 46.1 Å². The quantitative estimate of drug-likeness (QED) is 0.722. The number of halogens is 2. The summed E-state index contributed by atoms with van der Waals surface area (Å²) < 4.78 is 2.70. The van der Waals surface area contributed by atoms with Gasteiger partial charge in [-0.15, -0.1) is 0 Å². The second-order valence-electron chi connectivity index (χ2n) is 5.11. The van der Waals surface area contributed by atoms with Gasteiger partial charge in [0.05, 0.1) is 5.69 Å². The molecule has 1 N–H and O–H groups in total. The van der Waals surface area contributed by atoms with E-state index in [1.54, 1.807) is 0 Å². The molecule has 23 heavy (non-hydrogen) atoms. The molecule has 0 spiro atoms. The summed E-state index contributed by atoms with van der Waals surface area (Å²) in [5.41, 5.74) is 2.99. The number of hydrogen-bond acceptors (Lipinski definition) is 2. The lowest BCUT2D eigenvalue weighted by Crippen LogP contribution is -2.25. The Bertz CT molecular complexity index is 875. The number of amides is 1. The monoisotopic (exact) mass is 391 g/mol. The molecule has 3 aromatic rings. The first-order chi connectivity index (χ1) is 11.1. The molecule has 0 saturated carbocycles. The second kappa shape index (κ2) is 6.72. The number of aryl methyl sites for hydroxylation is 1. The molecule has 1 aromatic carbocycles. The van der Waals surface area contributed by atoms with Gasteiger partial charge in [0.2, 0.25) is 0 Å². The smallest absolute Gasteiger partial charge is 0.270 e. The van der Waals surface area contributed by atoms with Crippen molar-refractivity contribution < 1.29 is 4.79 Å². The van der Waals surface area contributed by atoms with Gasteiger partial charge < -0.3 is 5.32 Å². The first kappa shape index (κ1) is 16.0. The number of nitrogens with one attached hydrogen (secondary N) is 1. The molecule has 6 heteroatoms. The molecule has 0 unspecified atom stereocenters. The highest BCUT2D eigenvalue weighted by molar-refractivity contribution is 9.10. The lowest BCUT2D eigenvalue weighted by molar-refractivity contribution is 0.0944. The third kappa shape index (κ3) is 3.26. The van der Waals surface area contributed by atoms with Crippen LogP contribution in [0.4, 0.5) is 0 Å². The van der Waals surface area contributed by atoms with Gasteiger partial charge in [0, 0.05) is 22.2 Å². The van der Waals surface area contributed by atoms with Crippen molar-refractivity contribution in [1.82, 2.24) is 14.7 Å². The average Bonchev–Trinajstić information content (AvgIpc) is 2.91. The van der Waals surface area contributed by atoms with Crippen LogP contribution >= 0.6 is 27.5 Å². The number of hydrogen-bond donors (Lipinski definition) is 1. The van der Waals surface area contributed by atoms with E-state index < -0.39 is 0 Å². The maximum atomic E-state index is 12.7. The summed E-state index contributed by atoms with van der Waals surface area (Å²) in [6, 6.07) is 11.3. The fourth-order valence-corrected chi connectivity index (χ4v) is 2.99. The lowest BCUT2D eigenvalue weighted by Gasteiger charge is -2.08. The van der Waals surface area contributed by atoms with E-state index in [0.29, 0.717) is 23.7 Å². The Kier molecular flexibility index (Phi) is 4.68. The van der Waals surface area contributed by atoms with E-state index in [2.05, 4.69) is 26.2 Å². The minimum Gasteiger partial charge on any atom is -0.347 e. The van der Waals surface area contributed by atoms with Crippen molar-refractivity contribution in [3.8, 4) is 0 Å². The maximum Gasteiger partial charge on any atom is 0.270 e. The Balaban J connectivity index is 1.91. The number of fused-ring (bicyclic) bond motifs is 1. The highest BCUT2D eigenvalue weighted by Gasteiger charge is 2.18. The molecule has 118 valence electrons. The lowest BCUT2D eigenvalue weighted by atomic mass is 10.2. The third-order valence-electron chi connectivity index (χ3n) is 3.60. The SMILES string of the molecule is CCc1nc2ccc(Br)cn2c1C(=O)NCc1ccccc1Cl. The average molecular weight is 393 g/mol. The summed E-state index contributed by atoms with van der Waals surface area (Å²) in [4.78, 5) is 17.2. The van der Waals surface area contributed by atoms with Crippen LogP contribution in [0.25, 0.3) is 5.65 Å². The summed E-state index contributed by atoms with van der Waals surface area (Å²) in [6.45, 7) is 2.37. The predicted octanol–water partition coefficient (Wildman–Crippen LogP) is 4.24. The topological polar surface area (TPSA) is 46.4 Å². The standard InChI is InChI=1S/C17H15BrClN3O/c1-2-14-16(22-10-12(18)7-8-15(22)21-14)17(23)20-9-11-5-3-4-6-13(11)19/h3-8,10H,2,9H2,1H3,(H,20,23). The number of aromatic nitrogens is 2. The Labute approximate surface area is 147 Å².